The molecule has 4 N–H and O–H groups in total. The number of urea groups is 1. The Labute approximate surface area is 351 Å². The summed E-state index contributed by atoms with van der Waals surface area (Å²) in [4.78, 5) is 85.6. The van der Waals surface area contributed by atoms with Crippen LogP contribution in [-0.2, 0) is 32.1 Å². The monoisotopic (exact) mass is 827 g/mol. The molecular weight excluding hydrogens is 771 g/mol. The maximum Gasteiger partial charge on any atom is 0.319 e. The number of aryl methyl sites for hydroxylation is 1. The van der Waals surface area contributed by atoms with E-state index in [0.717, 1.165) is 5.56 Å². The summed E-state index contributed by atoms with van der Waals surface area (Å²) >= 11 is 0. The number of carbonyl (C=O) groups excluding carboxylic acids is 6. The van der Waals surface area contributed by atoms with Crippen molar-refractivity contribution in [2.24, 2.45) is 5.92 Å². The molecule has 16 nitrogen and oxygen atoms in total. The van der Waals surface area contributed by atoms with Crippen molar-refractivity contribution in [3.63, 3.8) is 0 Å². The van der Waals surface area contributed by atoms with Crippen molar-refractivity contribution in [1.82, 2.24) is 36.0 Å². The van der Waals surface area contributed by atoms with Crippen LogP contribution in [0.2, 0.25) is 0 Å². The maximum atomic E-state index is 14.1. The zero-order valence-corrected chi connectivity index (χ0v) is 35.1. The number of likely N-dealkylation sites (tertiary alicyclic amines) is 1. The quantitative estimate of drug-likeness (QED) is 0.270. The molecule has 3 aromatic carbocycles. The number of amides is 7. The van der Waals surface area contributed by atoms with Gasteiger partial charge in [0.05, 0.1) is 20.8 Å². The molecule has 3 heterocycles. The van der Waals surface area contributed by atoms with Gasteiger partial charge in [0.25, 0.3) is 5.91 Å². The smallest absolute Gasteiger partial charge is 0.319 e. The second kappa shape index (κ2) is 21.6. The lowest BCUT2D eigenvalue weighted by atomic mass is 9.95. The summed E-state index contributed by atoms with van der Waals surface area (Å²) in [5, 5.41) is 11.4. The van der Waals surface area contributed by atoms with Gasteiger partial charge in [-0.1, -0.05) is 30.3 Å². The van der Waals surface area contributed by atoms with Gasteiger partial charge in [-0.25, -0.2) is 4.79 Å². The molecule has 1 saturated heterocycles. The van der Waals surface area contributed by atoms with Crippen LogP contribution < -0.4 is 35.5 Å². The van der Waals surface area contributed by atoms with Crippen LogP contribution in [0.5, 0.6) is 23.0 Å². The second-order valence-corrected chi connectivity index (χ2v) is 15.2. The molecule has 0 radical (unpaired) electrons. The number of benzene rings is 3. The third-order valence-electron chi connectivity index (χ3n) is 10.6. The highest BCUT2D eigenvalue weighted by molar-refractivity contribution is 5.95. The molecular formula is C44H57N7O9. The Morgan fingerprint density at radius 2 is 1.55 bits per heavy atom. The highest BCUT2D eigenvalue weighted by Crippen LogP contribution is 2.35. The Bertz CT molecular complexity index is 1990. The lowest BCUT2D eigenvalue weighted by molar-refractivity contribution is -0.141. The summed E-state index contributed by atoms with van der Waals surface area (Å²) in [6.07, 6.45) is 2.56. The Kier molecular flexibility index (Phi) is 16.1. The molecule has 0 spiro atoms. The van der Waals surface area contributed by atoms with E-state index < -0.39 is 35.7 Å². The SMILES string of the molecule is COc1cc2ccc1CNC(=O)[C@H](C)NC(=O)[C@H](CCc1ccccc1)NC(=O)CN(C(=O)C1CCN(C(=O)N(C)C)CC1)CCCCNC(=O)c1ccc(OC)c(c1)O2. The van der Waals surface area contributed by atoms with Crippen molar-refractivity contribution < 1.29 is 43.0 Å². The first kappa shape index (κ1) is 44.8. The van der Waals surface area contributed by atoms with E-state index in [1.807, 2.05) is 30.3 Å². The van der Waals surface area contributed by atoms with Gasteiger partial charge in [-0.05, 0) is 81.3 Å². The van der Waals surface area contributed by atoms with Crippen LogP contribution in [0.3, 0.4) is 0 Å². The van der Waals surface area contributed by atoms with Gasteiger partial charge in [0.2, 0.25) is 23.6 Å². The second-order valence-electron chi connectivity index (χ2n) is 15.2. The first-order valence-electron chi connectivity index (χ1n) is 20.3. The first-order chi connectivity index (χ1) is 28.9. The van der Waals surface area contributed by atoms with Gasteiger partial charge >= 0.3 is 6.03 Å². The van der Waals surface area contributed by atoms with Crippen molar-refractivity contribution in [3.05, 3.63) is 83.4 Å². The van der Waals surface area contributed by atoms with E-state index in [0.29, 0.717) is 85.9 Å². The summed E-state index contributed by atoms with van der Waals surface area (Å²) in [6.45, 7) is 2.66. The number of nitrogens with zero attached hydrogens (tertiary/aromatic N) is 3. The largest absolute Gasteiger partial charge is 0.496 e. The third kappa shape index (κ3) is 12.3. The summed E-state index contributed by atoms with van der Waals surface area (Å²) in [7, 11) is 6.36. The van der Waals surface area contributed by atoms with Crippen LogP contribution >= 0.6 is 0 Å². The van der Waals surface area contributed by atoms with Crippen LogP contribution in [0, 0.1) is 5.92 Å². The number of hydrogen-bond acceptors (Lipinski definition) is 9. The number of piperidine rings is 1. The lowest BCUT2D eigenvalue weighted by Crippen LogP contribution is -2.54. The molecule has 4 bridgehead atoms. The molecule has 60 heavy (non-hydrogen) atoms. The van der Waals surface area contributed by atoms with Crippen molar-refractivity contribution >= 4 is 35.6 Å². The molecule has 3 aromatic rings. The van der Waals surface area contributed by atoms with Crippen LogP contribution in [0.15, 0.2) is 66.7 Å². The first-order valence-corrected chi connectivity index (χ1v) is 20.3. The Hall–Kier alpha value is -6.32. The number of carbonyl (C=O) groups is 6. The highest BCUT2D eigenvalue weighted by Gasteiger charge is 2.32. The fourth-order valence-electron chi connectivity index (χ4n) is 7.17. The maximum absolute atomic E-state index is 14.1. The average Bonchev–Trinajstić information content (AvgIpc) is 3.25. The fraction of sp³-hybridized carbons (Fsp3) is 0.455. The third-order valence-corrected chi connectivity index (χ3v) is 10.6. The molecule has 3 aliphatic heterocycles. The zero-order chi connectivity index (χ0) is 43.2. The van der Waals surface area contributed by atoms with Crippen LogP contribution in [-0.4, -0.2) is 123 Å². The minimum absolute atomic E-state index is 0.0739. The molecule has 0 aliphatic carbocycles. The van der Waals surface area contributed by atoms with Crippen molar-refractivity contribution in [2.75, 3.05) is 61.0 Å². The van der Waals surface area contributed by atoms with Gasteiger partial charge < -0.3 is 50.2 Å². The Balaban J connectivity index is 1.38. The molecule has 16 heteroatoms. The highest BCUT2D eigenvalue weighted by atomic mass is 16.5. The van der Waals surface area contributed by atoms with E-state index in [-0.39, 0.29) is 43.9 Å². The van der Waals surface area contributed by atoms with E-state index in [4.69, 9.17) is 14.2 Å². The van der Waals surface area contributed by atoms with E-state index in [9.17, 15) is 28.8 Å². The van der Waals surface area contributed by atoms with E-state index in [1.165, 1.54) is 24.0 Å². The van der Waals surface area contributed by atoms with Gasteiger partial charge in [0.1, 0.15) is 23.6 Å². The van der Waals surface area contributed by atoms with Gasteiger partial charge in [-0.2, -0.15) is 0 Å². The summed E-state index contributed by atoms with van der Waals surface area (Å²) in [6, 6.07) is 17.4. The Morgan fingerprint density at radius 1 is 0.817 bits per heavy atom. The van der Waals surface area contributed by atoms with E-state index >= 15 is 0 Å². The molecule has 3 aliphatic rings. The van der Waals surface area contributed by atoms with Crippen molar-refractivity contribution in [2.45, 2.75) is 64.1 Å². The standard InChI is InChI=1S/C44H57N7O9/c1-29-40(53)46-27-33-14-16-34(26-37(33)59-5)60-38-25-32(15-18-36(38)58-4)41(54)45-21-9-10-22-51(43(56)31-19-23-50(24-20-31)44(57)49(2)3)28-39(52)48-35(42(55)47-29)17-13-30-11-7-6-8-12-30/h6-8,11-12,14-16,18,25-26,29,31,35H,9-10,13,17,19-24,27-28H2,1-5H3,(H,45,54)(H,46,53)(H,47,55)(H,48,52)/t29-,35-/m0/s1. The molecule has 2 atom stereocenters. The lowest BCUT2D eigenvalue weighted by Gasteiger charge is -2.35. The zero-order valence-electron chi connectivity index (χ0n) is 35.1. The van der Waals surface area contributed by atoms with Crippen LogP contribution in [0.1, 0.15) is 60.5 Å². The van der Waals surface area contributed by atoms with Gasteiger partial charge in [0.15, 0.2) is 11.5 Å². The molecule has 0 saturated carbocycles. The number of methoxy groups -OCH3 is 2. The molecule has 0 aromatic heterocycles. The number of nitrogens with one attached hydrogen (secondary N) is 4. The summed E-state index contributed by atoms with van der Waals surface area (Å²) in [5.74, 6) is -0.941. The number of hydrogen-bond donors (Lipinski definition) is 4. The van der Waals surface area contributed by atoms with Gasteiger partial charge in [-0.15, -0.1) is 0 Å². The average molecular weight is 828 g/mol. The minimum Gasteiger partial charge on any atom is -0.496 e. The number of rotatable bonds is 6. The molecule has 322 valence electrons. The van der Waals surface area contributed by atoms with E-state index in [1.54, 1.807) is 62.3 Å². The molecule has 7 amide bonds. The normalized spacial score (nSPS) is 19.0. The van der Waals surface area contributed by atoms with Crippen molar-refractivity contribution in [3.8, 4) is 23.0 Å². The minimum atomic E-state index is -1.01. The number of fused-ring (bicyclic) bond motifs is 18. The van der Waals surface area contributed by atoms with E-state index in [2.05, 4.69) is 21.3 Å². The number of ether oxygens (including phenoxy) is 3. The summed E-state index contributed by atoms with van der Waals surface area (Å²) < 4.78 is 17.3. The predicted octanol–water partition coefficient (Wildman–Crippen LogP) is 3.48. The molecule has 1 fully saturated rings. The Morgan fingerprint density at radius 3 is 2.25 bits per heavy atom. The molecule has 0 unspecified atom stereocenters. The topological polar surface area (TPSA) is 188 Å². The summed E-state index contributed by atoms with van der Waals surface area (Å²) in [5.41, 5.74) is 1.95. The van der Waals surface area contributed by atoms with Crippen LogP contribution in [0.4, 0.5) is 4.79 Å². The van der Waals surface area contributed by atoms with Crippen LogP contribution in [0.25, 0.3) is 0 Å². The predicted molar refractivity (Wildman–Crippen MR) is 224 cm³/mol. The molecule has 6 rings (SSSR count). The van der Waals surface area contributed by atoms with Gasteiger partial charge in [-0.3, -0.25) is 24.0 Å². The van der Waals surface area contributed by atoms with Gasteiger partial charge in [0, 0.05) is 69.9 Å². The fourth-order valence-corrected chi connectivity index (χ4v) is 7.17. The van der Waals surface area contributed by atoms with Crippen molar-refractivity contribution in [1.29, 1.82) is 0 Å².